The lowest BCUT2D eigenvalue weighted by Gasteiger charge is -2.10. The zero-order valence-corrected chi connectivity index (χ0v) is 15.7. The third-order valence-electron chi connectivity index (χ3n) is 4.25. The predicted octanol–water partition coefficient (Wildman–Crippen LogP) is 4.39. The van der Waals surface area contributed by atoms with E-state index in [1.54, 1.807) is 6.07 Å². The number of carbonyl (C=O) groups excluding carboxylic acids is 1. The summed E-state index contributed by atoms with van der Waals surface area (Å²) in [7, 11) is 1.37. The van der Waals surface area contributed by atoms with Gasteiger partial charge in [0.15, 0.2) is 11.5 Å². The lowest BCUT2D eigenvalue weighted by molar-refractivity contribution is -0.0512. The third-order valence-corrected chi connectivity index (χ3v) is 5.49. The summed E-state index contributed by atoms with van der Waals surface area (Å²) in [6.45, 7) is -2.96. The number of aryl methyl sites for hydroxylation is 2. The fraction of sp³-hybridized carbons (Fsp3) is 0.368. The largest absolute Gasteiger partial charge is 0.493 e. The Balaban J connectivity index is 1.65. The number of methoxy groups -OCH3 is 1. The molecule has 1 amide bonds. The summed E-state index contributed by atoms with van der Waals surface area (Å²) in [5.74, 6) is -0.178. The van der Waals surface area contributed by atoms with Crippen LogP contribution in [0.3, 0.4) is 0 Å². The van der Waals surface area contributed by atoms with Gasteiger partial charge in [-0.25, -0.2) is 5.43 Å². The van der Waals surface area contributed by atoms with Crippen molar-refractivity contribution in [3.63, 3.8) is 0 Å². The van der Waals surface area contributed by atoms with Crippen LogP contribution in [0.25, 0.3) is 0 Å². The van der Waals surface area contributed by atoms with Crippen molar-refractivity contribution < 1.29 is 23.0 Å². The number of nitrogens with one attached hydrogen (secondary N) is 1. The molecule has 1 aliphatic rings. The molecule has 8 heteroatoms. The van der Waals surface area contributed by atoms with Crippen LogP contribution >= 0.6 is 11.3 Å². The van der Waals surface area contributed by atoms with Gasteiger partial charge in [0, 0.05) is 4.88 Å². The molecular formula is C19H20F2N2O3S. The molecule has 0 radical (unpaired) electrons. The summed E-state index contributed by atoms with van der Waals surface area (Å²) >= 11 is 1.51. The van der Waals surface area contributed by atoms with Crippen molar-refractivity contribution in [3.05, 3.63) is 45.1 Å². The van der Waals surface area contributed by atoms with E-state index in [1.165, 1.54) is 53.7 Å². The monoisotopic (exact) mass is 394 g/mol. The molecule has 0 bridgehead atoms. The van der Waals surface area contributed by atoms with Gasteiger partial charge in [0.25, 0.3) is 5.91 Å². The number of fused-ring (bicyclic) bond motifs is 1. The van der Waals surface area contributed by atoms with Crippen LogP contribution in [0.2, 0.25) is 0 Å². The summed E-state index contributed by atoms with van der Waals surface area (Å²) in [5.41, 5.74) is 4.24. The standard InChI is InChI=1S/C19H20F2N2O3S/c1-25-14-8-7-12(9-15(14)26-19(20)21)11-22-23-18(24)17-10-13-5-3-2-4-6-16(13)27-17/h7-11,19H,2-6H2,1H3,(H,23,24)/b22-11-. The summed E-state index contributed by atoms with van der Waals surface area (Å²) in [4.78, 5) is 14.2. The van der Waals surface area contributed by atoms with E-state index < -0.39 is 6.61 Å². The Labute approximate surface area is 160 Å². The molecule has 1 N–H and O–H groups in total. The van der Waals surface area contributed by atoms with Crippen molar-refractivity contribution in [2.75, 3.05) is 7.11 Å². The molecule has 144 valence electrons. The highest BCUT2D eigenvalue weighted by molar-refractivity contribution is 7.14. The number of amides is 1. The molecule has 1 heterocycles. The zero-order valence-electron chi connectivity index (χ0n) is 14.8. The normalized spacial score (nSPS) is 14.1. The van der Waals surface area contributed by atoms with Gasteiger partial charge in [0.2, 0.25) is 0 Å². The van der Waals surface area contributed by atoms with Crippen molar-refractivity contribution in [3.8, 4) is 11.5 Å². The number of rotatable bonds is 6. The van der Waals surface area contributed by atoms with E-state index in [0.29, 0.717) is 10.4 Å². The third kappa shape index (κ3) is 5.03. The Kier molecular flexibility index (Phi) is 6.39. The Morgan fingerprint density at radius 1 is 1.22 bits per heavy atom. The van der Waals surface area contributed by atoms with E-state index in [2.05, 4.69) is 15.3 Å². The minimum Gasteiger partial charge on any atom is -0.493 e. The smallest absolute Gasteiger partial charge is 0.387 e. The zero-order chi connectivity index (χ0) is 19.2. The highest BCUT2D eigenvalue weighted by atomic mass is 32.1. The van der Waals surface area contributed by atoms with Crippen LogP contribution in [0.15, 0.2) is 29.4 Å². The minimum atomic E-state index is -2.96. The quantitative estimate of drug-likeness (QED) is 0.449. The maximum Gasteiger partial charge on any atom is 0.387 e. The minimum absolute atomic E-state index is 0.0928. The van der Waals surface area contributed by atoms with Gasteiger partial charge in [-0.15, -0.1) is 11.3 Å². The van der Waals surface area contributed by atoms with Crippen molar-refractivity contribution in [2.24, 2.45) is 5.10 Å². The molecule has 5 nitrogen and oxygen atoms in total. The fourth-order valence-electron chi connectivity index (χ4n) is 2.96. The number of halogens is 2. The number of hydrogen-bond donors (Lipinski definition) is 1. The molecule has 0 aliphatic heterocycles. The lowest BCUT2D eigenvalue weighted by atomic mass is 10.1. The number of hydrazone groups is 1. The molecular weight excluding hydrogens is 374 g/mol. The predicted molar refractivity (Wildman–Crippen MR) is 100 cm³/mol. The molecule has 1 aromatic heterocycles. The topological polar surface area (TPSA) is 59.9 Å². The van der Waals surface area contributed by atoms with E-state index in [0.717, 1.165) is 25.7 Å². The molecule has 2 aromatic rings. The molecule has 0 spiro atoms. The Bertz CT molecular complexity index is 813. The highest BCUT2D eigenvalue weighted by Crippen LogP contribution is 2.30. The van der Waals surface area contributed by atoms with E-state index >= 15 is 0 Å². The van der Waals surface area contributed by atoms with Gasteiger partial charge in [0.1, 0.15) is 0 Å². The molecule has 0 fully saturated rings. The van der Waals surface area contributed by atoms with Gasteiger partial charge < -0.3 is 9.47 Å². The fourth-order valence-corrected chi connectivity index (χ4v) is 4.11. The number of ether oxygens (including phenoxy) is 2. The Morgan fingerprint density at radius 3 is 2.81 bits per heavy atom. The Hall–Kier alpha value is -2.48. The molecule has 0 saturated carbocycles. The molecule has 3 rings (SSSR count). The second-order valence-electron chi connectivity index (χ2n) is 6.11. The van der Waals surface area contributed by atoms with Crippen molar-refractivity contribution >= 4 is 23.5 Å². The summed E-state index contributed by atoms with van der Waals surface area (Å²) < 4.78 is 34.3. The first-order valence-corrected chi connectivity index (χ1v) is 9.46. The average molecular weight is 394 g/mol. The maximum absolute atomic E-state index is 12.5. The van der Waals surface area contributed by atoms with Crippen molar-refractivity contribution in [1.82, 2.24) is 5.43 Å². The molecule has 1 aromatic carbocycles. The van der Waals surface area contributed by atoms with Gasteiger partial charge in [-0.05, 0) is 61.1 Å². The summed E-state index contributed by atoms with van der Waals surface area (Å²) in [5, 5.41) is 3.92. The van der Waals surface area contributed by atoms with Gasteiger partial charge in [-0.2, -0.15) is 13.9 Å². The molecule has 27 heavy (non-hydrogen) atoms. The first kappa shape index (κ1) is 19.3. The highest BCUT2D eigenvalue weighted by Gasteiger charge is 2.16. The molecule has 0 atom stereocenters. The van der Waals surface area contributed by atoms with Gasteiger partial charge in [0.05, 0.1) is 18.2 Å². The molecule has 0 unspecified atom stereocenters. The maximum atomic E-state index is 12.5. The van der Waals surface area contributed by atoms with E-state index in [9.17, 15) is 13.6 Å². The van der Waals surface area contributed by atoms with Gasteiger partial charge in [-0.1, -0.05) is 6.42 Å². The first-order chi connectivity index (χ1) is 13.1. The van der Waals surface area contributed by atoms with Gasteiger partial charge >= 0.3 is 6.61 Å². The van der Waals surface area contributed by atoms with Gasteiger partial charge in [-0.3, -0.25) is 4.79 Å². The van der Waals surface area contributed by atoms with Crippen LogP contribution in [-0.4, -0.2) is 25.8 Å². The lowest BCUT2D eigenvalue weighted by Crippen LogP contribution is -2.16. The number of nitrogens with zero attached hydrogens (tertiary/aromatic N) is 1. The van der Waals surface area contributed by atoms with E-state index in [4.69, 9.17) is 4.74 Å². The average Bonchev–Trinajstić information content (AvgIpc) is 2.92. The van der Waals surface area contributed by atoms with Crippen LogP contribution in [0, 0.1) is 0 Å². The number of carbonyl (C=O) groups is 1. The number of benzene rings is 1. The van der Waals surface area contributed by atoms with Crippen LogP contribution in [0.1, 0.15) is 44.9 Å². The first-order valence-electron chi connectivity index (χ1n) is 8.64. The second-order valence-corrected chi connectivity index (χ2v) is 7.24. The number of alkyl halides is 2. The number of thiophene rings is 1. The van der Waals surface area contributed by atoms with Crippen molar-refractivity contribution in [1.29, 1.82) is 0 Å². The molecule has 0 saturated heterocycles. The van der Waals surface area contributed by atoms with E-state index in [-0.39, 0.29) is 17.4 Å². The van der Waals surface area contributed by atoms with Crippen LogP contribution < -0.4 is 14.9 Å². The Morgan fingerprint density at radius 2 is 2.04 bits per heavy atom. The number of hydrogen-bond acceptors (Lipinski definition) is 5. The summed E-state index contributed by atoms with van der Waals surface area (Å²) in [6, 6.07) is 6.43. The summed E-state index contributed by atoms with van der Waals surface area (Å²) in [6.07, 6.45) is 6.95. The SMILES string of the molecule is COc1ccc(/C=N\NC(=O)c2cc3c(s2)CCCCC3)cc1OC(F)F. The molecule has 1 aliphatic carbocycles. The van der Waals surface area contributed by atoms with Crippen LogP contribution in [-0.2, 0) is 12.8 Å². The van der Waals surface area contributed by atoms with Crippen molar-refractivity contribution in [2.45, 2.75) is 38.7 Å². The van der Waals surface area contributed by atoms with Crippen LogP contribution in [0.4, 0.5) is 8.78 Å². The van der Waals surface area contributed by atoms with Crippen LogP contribution in [0.5, 0.6) is 11.5 Å². The second kappa shape index (κ2) is 8.94. The van der Waals surface area contributed by atoms with E-state index in [1.807, 2.05) is 6.07 Å².